The summed E-state index contributed by atoms with van der Waals surface area (Å²) in [5, 5.41) is 12.5. The zero-order chi connectivity index (χ0) is 26.5. The summed E-state index contributed by atoms with van der Waals surface area (Å²) >= 11 is 12.6. The molecule has 0 spiro atoms. The Morgan fingerprint density at radius 3 is 2.27 bits per heavy atom. The summed E-state index contributed by atoms with van der Waals surface area (Å²) in [5.74, 6) is 6.23. The van der Waals surface area contributed by atoms with Gasteiger partial charge in [0.25, 0.3) is 0 Å². The maximum Gasteiger partial charge on any atom is 0.0595 e. The van der Waals surface area contributed by atoms with Crippen LogP contribution in [-0.4, -0.2) is 11.2 Å². The molecule has 0 unspecified atom stereocenters. The zero-order valence-electron chi connectivity index (χ0n) is 24.1. The van der Waals surface area contributed by atoms with Gasteiger partial charge in [0.2, 0.25) is 0 Å². The van der Waals surface area contributed by atoms with Crippen LogP contribution in [-0.2, 0) is 6.42 Å². The first-order valence-corrected chi connectivity index (χ1v) is 16.4. The number of aliphatic hydroxyl groups excluding tert-OH is 1. The lowest BCUT2D eigenvalue weighted by Crippen LogP contribution is -2.57. The van der Waals surface area contributed by atoms with Crippen LogP contribution in [0.15, 0.2) is 18.2 Å². The smallest absolute Gasteiger partial charge is 0.0595 e. The molecule has 0 aromatic heterocycles. The molecule has 0 radical (unpaired) electrons. The molecule has 4 aliphatic carbocycles. The molecular formula is C34H52Cl2O. The quantitative estimate of drug-likeness (QED) is 0.360. The Bertz CT molecular complexity index is 944. The average Bonchev–Trinajstić information content (AvgIpc) is 3.20. The van der Waals surface area contributed by atoms with Crippen LogP contribution in [0.2, 0.25) is 10.0 Å². The Kier molecular flexibility index (Phi) is 8.39. The molecular weight excluding hydrogens is 495 g/mol. The van der Waals surface area contributed by atoms with Gasteiger partial charge in [-0.25, -0.2) is 0 Å². The minimum Gasteiger partial charge on any atom is -0.393 e. The van der Waals surface area contributed by atoms with Crippen LogP contribution < -0.4 is 0 Å². The molecule has 0 bridgehead atoms. The van der Waals surface area contributed by atoms with E-state index in [0.717, 1.165) is 48.3 Å². The Labute approximate surface area is 237 Å². The summed E-state index contributed by atoms with van der Waals surface area (Å²) in [6, 6.07) is 6.07. The lowest BCUT2D eigenvalue weighted by molar-refractivity contribution is -0.152. The molecule has 3 heteroatoms. The molecule has 5 rings (SSSR count). The second-order valence-electron chi connectivity index (χ2n) is 14.8. The number of hydrogen-bond acceptors (Lipinski definition) is 1. The first-order valence-electron chi connectivity index (χ1n) is 15.7. The van der Waals surface area contributed by atoms with E-state index in [1.807, 2.05) is 12.1 Å². The number of aliphatic hydroxyl groups is 1. The van der Waals surface area contributed by atoms with Crippen molar-refractivity contribution in [3.05, 3.63) is 33.8 Å². The van der Waals surface area contributed by atoms with Crippen molar-refractivity contribution in [3.63, 3.8) is 0 Å². The molecule has 1 aromatic carbocycles. The third kappa shape index (κ3) is 5.17. The monoisotopic (exact) mass is 546 g/mol. The van der Waals surface area contributed by atoms with Crippen LogP contribution in [0, 0.1) is 58.2 Å². The molecule has 208 valence electrons. The lowest BCUT2D eigenvalue weighted by atomic mass is 9.42. The third-order valence-corrected chi connectivity index (χ3v) is 13.3. The molecule has 0 aliphatic heterocycles. The molecule has 4 saturated carbocycles. The predicted molar refractivity (Wildman–Crippen MR) is 158 cm³/mol. The number of benzene rings is 1. The van der Waals surface area contributed by atoms with Crippen molar-refractivity contribution in [1.82, 2.24) is 0 Å². The number of fused-ring (bicyclic) bond motifs is 5. The third-order valence-electron chi connectivity index (χ3n) is 12.6. The molecule has 10 atom stereocenters. The molecule has 1 aromatic rings. The first-order chi connectivity index (χ1) is 17.5. The highest BCUT2D eigenvalue weighted by atomic mass is 35.5. The van der Waals surface area contributed by atoms with Gasteiger partial charge in [0.05, 0.1) is 16.1 Å². The van der Waals surface area contributed by atoms with E-state index in [9.17, 15) is 5.11 Å². The first kappa shape index (κ1) is 28.3. The fourth-order valence-corrected chi connectivity index (χ4v) is 11.1. The fraction of sp³-hybridized carbons (Fsp3) is 0.824. The summed E-state index contributed by atoms with van der Waals surface area (Å²) < 4.78 is 0. The second kappa shape index (κ2) is 11.0. The Morgan fingerprint density at radius 2 is 1.54 bits per heavy atom. The summed E-state index contributed by atoms with van der Waals surface area (Å²) in [5.41, 5.74) is 2.15. The van der Waals surface area contributed by atoms with Gasteiger partial charge in [0.1, 0.15) is 0 Å². The van der Waals surface area contributed by atoms with Crippen molar-refractivity contribution < 1.29 is 5.11 Å². The minimum absolute atomic E-state index is 0.194. The number of halogens is 2. The lowest BCUT2D eigenvalue weighted by Gasteiger charge is -2.63. The van der Waals surface area contributed by atoms with Crippen LogP contribution >= 0.6 is 23.2 Å². The molecule has 37 heavy (non-hydrogen) atoms. The summed E-state index contributed by atoms with van der Waals surface area (Å²) in [6.45, 7) is 12.7. The predicted octanol–water partition coefficient (Wildman–Crippen LogP) is 10.2. The zero-order valence-corrected chi connectivity index (χ0v) is 25.6. The molecule has 1 nitrogen and oxygen atoms in total. The Hall–Kier alpha value is -0.240. The molecule has 0 amide bonds. The van der Waals surface area contributed by atoms with E-state index in [-0.39, 0.29) is 6.10 Å². The van der Waals surface area contributed by atoms with E-state index in [1.165, 1.54) is 69.8 Å². The van der Waals surface area contributed by atoms with Crippen LogP contribution in [0.1, 0.15) is 111 Å². The van der Waals surface area contributed by atoms with Crippen molar-refractivity contribution in [2.75, 3.05) is 0 Å². The van der Waals surface area contributed by atoms with Crippen LogP contribution in [0.25, 0.3) is 0 Å². The standard InChI is InChI=1S/C34H52Cl2O/c1-21(2)7-6-8-22(3)26-12-13-27-24-10-11-28-25(19-23-9-14-30(35)31(36)20-23)32(37)16-18-34(28,5)29(24)15-17-33(26,27)4/h9,14,20-22,24-29,32,37H,6-8,10-13,15-19H2,1-5H3/t22-,24+,25+,26-,27+,28+,29+,32+,33-,34+/m1/s1. The SMILES string of the molecule is CC(C)CCC[C@@H](C)[C@H]1CC[C@H]2[C@@H]3CC[C@H]4[C@H](Cc5ccc(Cl)c(Cl)c5)[C@@H](O)CC[C@]4(C)[C@H]3CC[C@]12C. The maximum atomic E-state index is 11.2. The summed E-state index contributed by atoms with van der Waals surface area (Å²) in [6.07, 6.45) is 15.6. The van der Waals surface area contributed by atoms with Crippen molar-refractivity contribution in [1.29, 1.82) is 0 Å². The van der Waals surface area contributed by atoms with Gasteiger partial charge < -0.3 is 5.11 Å². The Balaban J connectivity index is 1.32. The number of hydrogen-bond donors (Lipinski definition) is 1. The van der Waals surface area contributed by atoms with Gasteiger partial charge in [0, 0.05) is 0 Å². The highest BCUT2D eigenvalue weighted by Crippen LogP contribution is 2.69. The van der Waals surface area contributed by atoms with Gasteiger partial charge in [-0.1, -0.05) is 83.1 Å². The average molecular weight is 548 g/mol. The van der Waals surface area contributed by atoms with Gasteiger partial charge >= 0.3 is 0 Å². The maximum absolute atomic E-state index is 11.2. The summed E-state index contributed by atoms with van der Waals surface area (Å²) in [7, 11) is 0. The highest BCUT2D eigenvalue weighted by Gasteiger charge is 2.61. The van der Waals surface area contributed by atoms with Crippen molar-refractivity contribution >= 4 is 23.2 Å². The van der Waals surface area contributed by atoms with Gasteiger partial charge in [-0.2, -0.15) is 0 Å². The molecule has 4 fully saturated rings. The molecule has 4 aliphatic rings. The van der Waals surface area contributed by atoms with Crippen LogP contribution in [0.4, 0.5) is 0 Å². The normalized spacial score (nSPS) is 42.2. The van der Waals surface area contributed by atoms with E-state index in [2.05, 4.69) is 40.7 Å². The largest absolute Gasteiger partial charge is 0.393 e. The van der Waals surface area contributed by atoms with Gasteiger partial charge in [-0.3, -0.25) is 0 Å². The molecule has 0 heterocycles. The number of rotatable bonds is 7. The van der Waals surface area contributed by atoms with E-state index >= 15 is 0 Å². The molecule has 1 N–H and O–H groups in total. The molecule has 0 saturated heterocycles. The van der Waals surface area contributed by atoms with Gasteiger partial charge in [-0.05, 0) is 134 Å². The van der Waals surface area contributed by atoms with E-state index in [0.29, 0.717) is 32.7 Å². The summed E-state index contributed by atoms with van der Waals surface area (Å²) in [4.78, 5) is 0. The van der Waals surface area contributed by atoms with Gasteiger partial charge in [0.15, 0.2) is 0 Å². The van der Waals surface area contributed by atoms with Crippen molar-refractivity contribution in [2.24, 2.45) is 58.2 Å². The van der Waals surface area contributed by atoms with Crippen molar-refractivity contribution in [2.45, 2.75) is 118 Å². The second-order valence-corrected chi connectivity index (χ2v) is 15.6. The topological polar surface area (TPSA) is 20.2 Å². The minimum atomic E-state index is -0.194. The van der Waals surface area contributed by atoms with E-state index < -0.39 is 0 Å². The van der Waals surface area contributed by atoms with Crippen molar-refractivity contribution in [3.8, 4) is 0 Å². The Morgan fingerprint density at radius 1 is 0.838 bits per heavy atom. The van der Waals surface area contributed by atoms with E-state index in [4.69, 9.17) is 23.2 Å². The highest BCUT2D eigenvalue weighted by molar-refractivity contribution is 6.42. The van der Waals surface area contributed by atoms with Crippen LogP contribution in [0.3, 0.4) is 0 Å². The fourth-order valence-electron chi connectivity index (χ4n) is 10.7. The van der Waals surface area contributed by atoms with Crippen LogP contribution in [0.5, 0.6) is 0 Å². The van der Waals surface area contributed by atoms with E-state index in [1.54, 1.807) is 0 Å². The van der Waals surface area contributed by atoms with Gasteiger partial charge in [-0.15, -0.1) is 0 Å².